The van der Waals surface area contributed by atoms with E-state index >= 15 is 0 Å². The zero-order valence-corrected chi connectivity index (χ0v) is 23.6. The van der Waals surface area contributed by atoms with Gasteiger partial charge in [0.25, 0.3) is 11.7 Å². The summed E-state index contributed by atoms with van der Waals surface area (Å²) in [6.07, 6.45) is 0.889. The summed E-state index contributed by atoms with van der Waals surface area (Å²) < 4.78 is 23.2. The first-order valence-electron chi connectivity index (χ1n) is 14.0. The number of likely N-dealkylation sites (tertiary alicyclic amines) is 1. The van der Waals surface area contributed by atoms with Gasteiger partial charge in [-0.05, 0) is 60.7 Å². The second kappa shape index (κ2) is 12.4. The van der Waals surface area contributed by atoms with Gasteiger partial charge in [-0.2, -0.15) is 0 Å². The number of amides is 1. The third-order valence-corrected chi connectivity index (χ3v) is 7.09. The first-order chi connectivity index (χ1) is 19.9. The van der Waals surface area contributed by atoms with Crippen LogP contribution in [0.3, 0.4) is 0 Å². The average molecular weight is 558 g/mol. The molecule has 0 bridgehead atoms. The Balaban J connectivity index is 1.60. The maximum atomic E-state index is 13.6. The minimum Gasteiger partial charge on any atom is -0.507 e. The highest BCUT2D eigenvalue weighted by Crippen LogP contribution is 2.43. The van der Waals surface area contributed by atoms with Crippen LogP contribution in [-0.4, -0.2) is 48.1 Å². The maximum absolute atomic E-state index is 13.6. The predicted octanol–water partition coefficient (Wildman–Crippen LogP) is 5.90. The van der Waals surface area contributed by atoms with Gasteiger partial charge in [-0.15, -0.1) is 0 Å². The lowest BCUT2D eigenvalue weighted by Gasteiger charge is -2.26. The van der Waals surface area contributed by atoms with E-state index in [0.29, 0.717) is 66.5 Å². The fraction of sp³-hybridized carbons (Fsp3) is 0.333. The van der Waals surface area contributed by atoms with Crippen LogP contribution in [0.5, 0.6) is 23.0 Å². The number of aliphatic hydroxyl groups excluding tert-OH is 1. The van der Waals surface area contributed by atoms with E-state index in [9.17, 15) is 14.7 Å². The lowest BCUT2D eigenvalue weighted by Crippen LogP contribution is -2.29. The topological polar surface area (TPSA) is 94.5 Å². The first kappa shape index (κ1) is 28.1. The van der Waals surface area contributed by atoms with Crippen LogP contribution < -0.4 is 18.9 Å². The van der Waals surface area contributed by atoms with Crippen molar-refractivity contribution < 1.29 is 33.6 Å². The molecule has 0 spiro atoms. The number of hydrogen-bond donors (Lipinski definition) is 1. The molecule has 3 aromatic carbocycles. The SMILES string of the molecule is CCOc1cc(C2C(=C(O)c3ccc4c(c3)OCCO4)C(=O)C(=O)N2Cc2ccccc2)ccc1OCCC(C)C. The number of benzene rings is 3. The highest BCUT2D eigenvalue weighted by molar-refractivity contribution is 6.46. The zero-order chi connectivity index (χ0) is 28.9. The minimum atomic E-state index is -0.854. The van der Waals surface area contributed by atoms with Crippen molar-refractivity contribution >= 4 is 17.4 Å². The number of hydrogen-bond acceptors (Lipinski definition) is 7. The molecule has 2 aliphatic rings. The molecule has 8 heteroatoms. The smallest absolute Gasteiger partial charge is 0.295 e. The Bertz CT molecular complexity index is 1450. The van der Waals surface area contributed by atoms with Crippen molar-refractivity contribution in [3.8, 4) is 23.0 Å². The molecule has 0 aromatic heterocycles. The van der Waals surface area contributed by atoms with E-state index in [1.165, 1.54) is 4.90 Å². The van der Waals surface area contributed by atoms with Gasteiger partial charge in [0.2, 0.25) is 0 Å². The van der Waals surface area contributed by atoms with Gasteiger partial charge >= 0.3 is 0 Å². The molecule has 1 amide bonds. The minimum absolute atomic E-state index is 0.00136. The van der Waals surface area contributed by atoms with Crippen LogP contribution in [0.1, 0.15) is 49.9 Å². The van der Waals surface area contributed by atoms with Crippen LogP contribution in [-0.2, 0) is 16.1 Å². The zero-order valence-electron chi connectivity index (χ0n) is 23.6. The van der Waals surface area contributed by atoms with Gasteiger partial charge in [-0.1, -0.05) is 50.2 Å². The molecular weight excluding hydrogens is 522 g/mol. The summed E-state index contributed by atoms with van der Waals surface area (Å²) in [5.74, 6) is 0.891. The van der Waals surface area contributed by atoms with E-state index in [1.54, 1.807) is 30.3 Å². The van der Waals surface area contributed by atoms with E-state index in [-0.39, 0.29) is 17.9 Å². The van der Waals surface area contributed by atoms with Gasteiger partial charge in [0.1, 0.15) is 19.0 Å². The van der Waals surface area contributed by atoms with Gasteiger partial charge in [-0.25, -0.2) is 0 Å². The first-order valence-corrected chi connectivity index (χ1v) is 14.0. The number of Topliss-reactive ketones (excluding diaryl/α,β-unsaturated/α-hetero) is 1. The quantitative estimate of drug-likeness (QED) is 0.188. The number of carbonyl (C=O) groups is 2. The Morgan fingerprint density at radius 3 is 2.44 bits per heavy atom. The van der Waals surface area contributed by atoms with Crippen molar-refractivity contribution in [2.75, 3.05) is 26.4 Å². The average Bonchev–Trinajstić information content (AvgIpc) is 3.22. The van der Waals surface area contributed by atoms with Gasteiger partial charge in [-0.3, -0.25) is 9.59 Å². The van der Waals surface area contributed by atoms with Gasteiger partial charge < -0.3 is 29.0 Å². The Morgan fingerprint density at radius 2 is 1.71 bits per heavy atom. The summed E-state index contributed by atoms with van der Waals surface area (Å²) in [6, 6.07) is 19.0. The number of nitrogens with zero attached hydrogens (tertiary/aromatic N) is 1. The Labute approximate surface area is 240 Å². The largest absolute Gasteiger partial charge is 0.507 e. The molecule has 1 unspecified atom stereocenters. The number of rotatable bonds is 10. The van der Waals surface area contributed by atoms with E-state index in [4.69, 9.17) is 18.9 Å². The molecule has 3 aromatic rings. The number of ether oxygens (including phenoxy) is 4. The molecule has 8 nitrogen and oxygen atoms in total. The molecule has 5 rings (SSSR count). The lowest BCUT2D eigenvalue weighted by molar-refractivity contribution is -0.140. The number of carbonyl (C=O) groups excluding carboxylic acids is 2. The maximum Gasteiger partial charge on any atom is 0.295 e. The van der Waals surface area contributed by atoms with E-state index in [1.807, 2.05) is 43.3 Å². The van der Waals surface area contributed by atoms with Gasteiger partial charge in [0, 0.05) is 12.1 Å². The predicted molar refractivity (Wildman–Crippen MR) is 154 cm³/mol. The molecular formula is C33H35NO7. The van der Waals surface area contributed by atoms with Crippen LogP contribution >= 0.6 is 0 Å². The normalized spacial score (nSPS) is 17.7. The summed E-state index contributed by atoms with van der Waals surface area (Å²) in [5, 5.41) is 11.5. The Morgan fingerprint density at radius 1 is 0.951 bits per heavy atom. The van der Waals surface area contributed by atoms with Crippen molar-refractivity contribution in [2.45, 2.75) is 39.8 Å². The van der Waals surface area contributed by atoms with Crippen molar-refractivity contribution in [1.29, 1.82) is 0 Å². The van der Waals surface area contributed by atoms with Crippen molar-refractivity contribution in [2.24, 2.45) is 5.92 Å². The molecule has 1 N–H and O–H groups in total. The van der Waals surface area contributed by atoms with Crippen LogP contribution in [0.4, 0.5) is 0 Å². The van der Waals surface area contributed by atoms with Crippen LogP contribution in [0, 0.1) is 5.92 Å². The molecule has 1 atom stereocenters. The number of fused-ring (bicyclic) bond motifs is 1. The third kappa shape index (κ3) is 6.01. The molecule has 0 saturated carbocycles. The van der Waals surface area contributed by atoms with Gasteiger partial charge in [0.05, 0.1) is 24.8 Å². The monoisotopic (exact) mass is 557 g/mol. The Hall–Kier alpha value is -4.46. The van der Waals surface area contributed by atoms with Crippen molar-refractivity contribution in [3.05, 3.63) is 89.0 Å². The molecule has 2 heterocycles. The summed E-state index contributed by atoms with van der Waals surface area (Å²) in [5.41, 5.74) is 1.84. The second-order valence-corrected chi connectivity index (χ2v) is 10.4. The van der Waals surface area contributed by atoms with Crippen LogP contribution in [0.25, 0.3) is 5.76 Å². The van der Waals surface area contributed by atoms with Crippen LogP contribution in [0.15, 0.2) is 72.3 Å². The van der Waals surface area contributed by atoms with Crippen LogP contribution in [0.2, 0.25) is 0 Å². The highest BCUT2D eigenvalue weighted by Gasteiger charge is 2.46. The molecule has 41 heavy (non-hydrogen) atoms. The molecule has 0 aliphatic carbocycles. The van der Waals surface area contributed by atoms with E-state index in [0.717, 1.165) is 12.0 Å². The molecule has 1 saturated heterocycles. The van der Waals surface area contributed by atoms with Crippen molar-refractivity contribution in [3.63, 3.8) is 0 Å². The standard InChI is InChI=1S/C33H35NO7/c1-4-38-27-18-23(10-12-25(27)39-15-14-21(2)3)30-29(31(35)24-11-13-26-28(19-24)41-17-16-40-26)32(36)33(37)34(30)20-22-8-6-5-7-9-22/h5-13,18-19,21,30,35H,4,14-17,20H2,1-3H3. The van der Waals surface area contributed by atoms with Gasteiger partial charge in [0.15, 0.2) is 23.0 Å². The number of ketones is 1. The van der Waals surface area contributed by atoms with Crippen molar-refractivity contribution in [1.82, 2.24) is 4.90 Å². The molecule has 1 fully saturated rings. The summed E-state index contributed by atoms with van der Waals surface area (Å²) in [4.78, 5) is 28.5. The second-order valence-electron chi connectivity index (χ2n) is 10.4. The summed E-state index contributed by atoms with van der Waals surface area (Å²) >= 11 is 0. The fourth-order valence-electron chi connectivity index (χ4n) is 5.00. The third-order valence-electron chi connectivity index (χ3n) is 7.09. The highest BCUT2D eigenvalue weighted by atomic mass is 16.6. The Kier molecular flexibility index (Phi) is 8.47. The summed E-state index contributed by atoms with van der Waals surface area (Å²) in [6.45, 7) is 8.09. The van der Waals surface area contributed by atoms with E-state index < -0.39 is 17.7 Å². The lowest BCUT2D eigenvalue weighted by atomic mass is 9.94. The van der Waals surface area contributed by atoms with E-state index in [2.05, 4.69) is 13.8 Å². The summed E-state index contributed by atoms with van der Waals surface area (Å²) in [7, 11) is 0. The fourth-order valence-corrected chi connectivity index (χ4v) is 5.00. The molecule has 2 aliphatic heterocycles. The number of aliphatic hydroxyl groups is 1. The molecule has 214 valence electrons. The molecule has 0 radical (unpaired) electrons.